The lowest BCUT2D eigenvalue weighted by atomic mass is 9.86. The number of aliphatic carboxylic acids is 1. The monoisotopic (exact) mass is 273 g/mol. The van der Waals surface area contributed by atoms with Crippen LogP contribution in [0.2, 0.25) is 0 Å². The third kappa shape index (κ3) is 5.76. The Balaban J connectivity index is 2.22. The van der Waals surface area contributed by atoms with Crippen LogP contribution in [-0.4, -0.2) is 34.0 Å². The Kier molecular flexibility index (Phi) is 6.54. The van der Waals surface area contributed by atoms with Gasteiger partial charge >= 0.3 is 5.97 Å². The zero-order chi connectivity index (χ0) is 13.5. The van der Waals surface area contributed by atoms with E-state index in [4.69, 9.17) is 5.11 Å². The molecule has 1 amide bonds. The minimum Gasteiger partial charge on any atom is -0.481 e. The number of hydrogen-bond acceptors (Lipinski definition) is 3. The zero-order valence-corrected chi connectivity index (χ0v) is 12.0. The number of thioether (sulfide) groups is 1. The number of carboxylic acids is 1. The van der Waals surface area contributed by atoms with Gasteiger partial charge in [-0.2, -0.15) is 0 Å². The Bertz CT molecular complexity index is 296. The molecule has 0 aliphatic heterocycles. The van der Waals surface area contributed by atoms with Crippen LogP contribution < -0.4 is 5.32 Å². The number of amides is 1. The molecule has 0 saturated heterocycles. The molecule has 0 heterocycles. The summed E-state index contributed by atoms with van der Waals surface area (Å²) in [7, 11) is 0. The van der Waals surface area contributed by atoms with Crippen LogP contribution in [0.15, 0.2) is 0 Å². The SMILES string of the molecule is CC(CC(=O)O)SCC(=O)NC1CCCCC1C. The molecule has 0 bridgehead atoms. The Morgan fingerprint density at radius 1 is 1.39 bits per heavy atom. The predicted octanol–water partition coefficient (Wildman–Crippen LogP) is 2.28. The maximum Gasteiger partial charge on any atom is 0.304 e. The first-order chi connectivity index (χ1) is 8.49. The topological polar surface area (TPSA) is 66.4 Å². The van der Waals surface area contributed by atoms with Crippen LogP contribution >= 0.6 is 11.8 Å². The first-order valence-electron chi connectivity index (χ1n) is 6.61. The van der Waals surface area contributed by atoms with Crippen LogP contribution in [-0.2, 0) is 9.59 Å². The minimum atomic E-state index is -0.809. The molecule has 1 saturated carbocycles. The number of carbonyl (C=O) groups excluding carboxylic acids is 1. The van der Waals surface area contributed by atoms with Crippen molar-refractivity contribution in [2.45, 2.75) is 57.2 Å². The molecular weight excluding hydrogens is 250 g/mol. The second-order valence-corrected chi connectivity index (χ2v) is 6.58. The maximum atomic E-state index is 11.8. The molecule has 0 aromatic carbocycles. The standard InChI is InChI=1S/C13H23NO3S/c1-9-5-3-4-6-11(9)14-12(15)8-18-10(2)7-13(16)17/h9-11H,3-8H2,1-2H3,(H,14,15)(H,16,17). The molecule has 1 aliphatic carbocycles. The molecule has 0 aromatic heterocycles. The van der Waals surface area contributed by atoms with Crippen LogP contribution in [0.4, 0.5) is 0 Å². The number of hydrogen-bond donors (Lipinski definition) is 2. The van der Waals surface area contributed by atoms with Crippen LogP contribution in [0.25, 0.3) is 0 Å². The Morgan fingerprint density at radius 3 is 2.67 bits per heavy atom. The minimum absolute atomic E-state index is 0.0166. The molecule has 1 rings (SSSR count). The lowest BCUT2D eigenvalue weighted by Crippen LogP contribution is -2.42. The van der Waals surface area contributed by atoms with Gasteiger partial charge in [-0.15, -0.1) is 11.8 Å². The summed E-state index contributed by atoms with van der Waals surface area (Å²) in [5, 5.41) is 11.7. The van der Waals surface area contributed by atoms with Crippen LogP contribution in [0, 0.1) is 5.92 Å². The van der Waals surface area contributed by atoms with Crippen LogP contribution in [0.5, 0.6) is 0 Å². The summed E-state index contributed by atoms with van der Waals surface area (Å²) in [5.41, 5.74) is 0. The quantitative estimate of drug-likeness (QED) is 0.779. The van der Waals surface area contributed by atoms with Crippen molar-refractivity contribution < 1.29 is 14.7 Å². The van der Waals surface area contributed by atoms with Gasteiger partial charge in [0.15, 0.2) is 0 Å². The van der Waals surface area contributed by atoms with Crippen molar-refractivity contribution in [3.05, 3.63) is 0 Å². The normalized spacial score (nSPS) is 25.4. The van der Waals surface area contributed by atoms with Gasteiger partial charge in [-0.3, -0.25) is 9.59 Å². The largest absolute Gasteiger partial charge is 0.481 e. The average Bonchev–Trinajstić information content (AvgIpc) is 2.29. The van der Waals surface area contributed by atoms with Gasteiger partial charge in [-0.1, -0.05) is 26.7 Å². The lowest BCUT2D eigenvalue weighted by molar-refractivity contribution is -0.136. The van der Waals surface area contributed by atoms with Gasteiger partial charge in [0.1, 0.15) is 0 Å². The number of rotatable bonds is 6. The van der Waals surface area contributed by atoms with Crippen LogP contribution in [0.1, 0.15) is 46.0 Å². The predicted molar refractivity (Wildman–Crippen MR) is 73.7 cm³/mol. The van der Waals surface area contributed by atoms with E-state index in [1.807, 2.05) is 6.92 Å². The third-order valence-corrected chi connectivity index (χ3v) is 4.58. The summed E-state index contributed by atoms with van der Waals surface area (Å²) < 4.78 is 0. The van der Waals surface area contributed by atoms with E-state index in [0.717, 1.165) is 6.42 Å². The Hall–Kier alpha value is -0.710. The van der Waals surface area contributed by atoms with Gasteiger partial charge in [-0.05, 0) is 18.8 Å². The molecule has 0 spiro atoms. The Morgan fingerprint density at radius 2 is 2.06 bits per heavy atom. The van der Waals surface area contributed by atoms with E-state index in [9.17, 15) is 9.59 Å². The summed E-state index contributed by atoms with van der Waals surface area (Å²) in [6.07, 6.45) is 4.82. The summed E-state index contributed by atoms with van der Waals surface area (Å²) in [6, 6.07) is 0.307. The van der Waals surface area contributed by atoms with Crippen molar-refractivity contribution in [3.63, 3.8) is 0 Å². The smallest absolute Gasteiger partial charge is 0.304 e. The molecule has 4 nitrogen and oxygen atoms in total. The van der Waals surface area contributed by atoms with E-state index >= 15 is 0 Å². The zero-order valence-electron chi connectivity index (χ0n) is 11.1. The van der Waals surface area contributed by atoms with Crippen molar-refractivity contribution in [2.75, 3.05) is 5.75 Å². The highest BCUT2D eigenvalue weighted by atomic mass is 32.2. The third-order valence-electron chi connectivity index (χ3n) is 3.42. The van der Waals surface area contributed by atoms with Gasteiger partial charge in [-0.25, -0.2) is 0 Å². The van der Waals surface area contributed by atoms with Crippen LogP contribution in [0.3, 0.4) is 0 Å². The number of carboxylic acid groups (broad SMARTS) is 1. The molecule has 3 unspecified atom stereocenters. The van der Waals surface area contributed by atoms with Gasteiger partial charge in [0.25, 0.3) is 0 Å². The molecule has 1 aliphatic rings. The first-order valence-corrected chi connectivity index (χ1v) is 7.66. The number of nitrogens with one attached hydrogen (secondary N) is 1. The van der Waals surface area contributed by atoms with Gasteiger partial charge in [0.05, 0.1) is 12.2 Å². The van der Waals surface area contributed by atoms with Gasteiger partial charge < -0.3 is 10.4 Å². The average molecular weight is 273 g/mol. The van der Waals surface area contributed by atoms with Gasteiger partial charge in [0, 0.05) is 11.3 Å². The molecule has 3 atom stereocenters. The summed E-state index contributed by atoms with van der Waals surface area (Å²) in [4.78, 5) is 22.3. The highest BCUT2D eigenvalue weighted by Gasteiger charge is 2.22. The van der Waals surface area contributed by atoms with Gasteiger partial charge in [0.2, 0.25) is 5.91 Å². The second kappa shape index (κ2) is 7.67. The fourth-order valence-corrected chi connectivity index (χ4v) is 3.08. The highest BCUT2D eigenvalue weighted by molar-refractivity contribution is 8.00. The van der Waals surface area contributed by atoms with Crippen molar-refractivity contribution in [2.24, 2.45) is 5.92 Å². The lowest BCUT2D eigenvalue weighted by Gasteiger charge is -2.29. The summed E-state index contributed by atoms with van der Waals surface area (Å²) in [5.74, 6) is 0.147. The van der Waals surface area contributed by atoms with E-state index in [1.165, 1.54) is 31.0 Å². The molecule has 5 heteroatoms. The number of carbonyl (C=O) groups is 2. The molecule has 2 N–H and O–H groups in total. The van der Waals surface area contributed by atoms with Crippen molar-refractivity contribution >= 4 is 23.6 Å². The van der Waals surface area contributed by atoms with E-state index in [0.29, 0.717) is 17.7 Å². The molecule has 18 heavy (non-hydrogen) atoms. The maximum absolute atomic E-state index is 11.8. The Labute approximate surface area is 113 Å². The molecule has 1 fully saturated rings. The summed E-state index contributed by atoms with van der Waals surface area (Å²) >= 11 is 1.41. The molecule has 0 aromatic rings. The van der Waals surface area contributed by atoms with E-state index in [2.05, 4.69) is 12.2 Å². The summed E-state index contributed by atoms with van der Waals surface area (Å²) in [6.45, 7) is 4.03. The van der Waals surface area contributed by atoms with E-state index < -0.39 is 5.97 Å². The highest BCUT2D eigenvalue weighted by Crippen LogP contribution is 2.24. The fraction of sp³-hybridized carbons (Fsp3) is 0.846. The second-order valence-electron chi connectivity index (χ2n) is 5.16. The fourth-order valence-electron chi connectivity index (χ4n) is 2.30. The van der Waals surface area contributed by atoms with E-state index in [-0.39, 0.29) is 17.6 Å². The molecule has 104 valence electrons. The van der Waals surface area contributed by atoms with Crippen molar-refractivity contribution in [3.8, 4) is 0 Å². The molecule has 0 radical (unpaired) electrons. The molecular formula is C13H23NO3S. The van der Waals surface area contributed by atoms with Crippen molar-refractivity contribution in [1.29, 1.82) is 0 Å². The van der Waals surface area contributed by atoms with Crippen molar-refractivity contribution in [1.82, 2.24) is 5.32 Å². The first kappa shape index (κ1) is 15.3. The van der Waals surface area contributed by atoms with E-state index in [1.54, 1.807) is 0 Å².